The highest BCUT2D eigenvalue weighted by Gasteiger charge is 2.25. The van der Waals surface area contributed by atoms with Crippen molar-refractivity contribution in [2.45, 2.75) is 51.5 Å². The molecule has 3 rings (SSSR count). The summed E-state index contributed by atoms with van der Waals surface area (Å²) in [5.74, 6) is 0.590. The number of rotatable bonds is 7. The standard InChI is InChI=1S/C22H30N2O5/c1-16-5-7-17(8-6-16)23(2)21(26)14-29-22(27)15-28-19-11-9-18(10-12-19)24-13-3-4-20(24)25/h9-12,16-17H,3-8,13-15H2,1-2H3. The molecule has 2 amide bonds. The molecule has 2 aliphatic rings. The van der Waals surface area contributed by atoms with Crippen molar-refractivity contribution in [3.63, 3.8) is 0 Å². The maximum atomic E-state index is 12.3. The van der Waals surface area contributed by atoms with Crippen molar-refractivity contribution >= 4 is 23.5 Å². The number of hydrogen-bond acceptors (Lipinski definition) is 5. The van der Waals surface area contributed by atoms with Gasteiger partial charge < -0.3 is 19.3 Å². The molecule has 1 aromatic carbocycles. The van der Waals surface area contributed by atoms with E-state index in [4.69, 9.17) is 9.47 Å². The van der Waals surface area contributed by atoms with Crippen molar-refractivity contribution < 1.29 is 23.9 Å². The molecule has 0 aromatic heterocycles. The number of nitrogens with zero attached hydrogens (tertiary/aromatic N) is 2. The first-order chi connectivity index (χ1) is 13.9. The molecule has 0 radical (unpaired) electrons. The molecule has 7 nitrogen and oxygen atoms in total. The molecule has 0 bridgehead atoms. The molecule has 158 valence electrons. The fourth-order valence-electron chi connectivity index (χ4n) is 3.90. The number of amides is 2. The minimum absolute atomic E-state index is 0.125. The van der Waals surface area contributed by atoms with E-state index in [1.54, 1.807) is 41.1 Å². The molecule has 0 N–H and O–H groups in total. The van der Waals surface area contributed by atoms with Crippen molar-refractivity contribution in [1.82, 2.24) is 4.90 Å². The lowest BCUT2D eigenvalue weighted by molar-refractivity contribution is -0.154. The van der Waals surface area contributed by atoms with E-state index in [2.05, 4.69) is 6.92 Å². The Morgan fingerprint density at radius 1 is 1.10 bits per heavy atom. The van der Waals surface area contributed by atoms with Crippen LogP contribution in [0.15, 0.2) is 24.3 Å². The Kier molecular flexibility index (Phi) is 7.12. The highest BCUT2D eigenvalue weighted by atomic mass is 16.6. The number of benzene rings is 1. The fraction of sp³-hybridized carbons (Fsp3) is 0.591. The summed E-state index contributed by atoms with van der Waals surface area (Å²) in [6.07, 6.45) is 5.70. The first kappa shape index (κ1) is 21.1. The molecule has 0 atom stereocenters. The van der Waals surface area contributed by atoms with Gasteiger partial charge in [0.1, 0.15) is 5.75 Å². The average molecular weight is 402 g/mol. The summed E-state index contributed by atoms with van der Waals surface area (Å²) in [6, 6.07) is 7.27. The van der Waals surface area contributed by atoms with E-state index in [1.807, 2.05) is 0 Å². The SMILES string of the molecule is CC1CCC(N(C)C(=O)COC(=O)COc2ccc(N3CCCC3=O)cc2)CC1. The van der Waals surface area contributed by atoms with Crippen LogP contribution in [0.4, 0.5) is 5.69 Å². The number of likely N-dealkylation sites (N-methyl/N-ethyl adjacent to an activating group) is 1. The Hall–Kier alpha value is -2.57. The van der Waals surface area contributed by atoms with Gasteiger partial charge in [-0.15, -0.1) is 0 Å². The lowest BCUT2D eigenvalue weighted by Crippen LogP contribution is -2.41. The number of ether oxygens (including phenoxy) is 2. The van der Waals surface area contributed by atoms with Crippen molar-refractivity contribution in [2.24, 2.45) is 5.92 Å². The zero-order valence-electron chi connectivity index (χ0n) is 17.3. The highest BCUT2D eigenvalue weighted by Crippen LogP contribution is 2.26. The smallest absolute Gasteiger partial charge is 0.344 e. The van der Waals surface area contributed by atoms with Gasteiger partial charge in [-0.2, -0.15) is 0 Å². The zero-order valence-corrected chi connectivity index (χ0v) is 17.3. The number of anilines is 1. The summed E-state index contributed by atoms with van der Waals surface area (Å²) >= 11 is 0. The molecule has 0 spiro atoms. The summed E-state index contributed by atoms with van der Waals surface area (Å²) < 4.78 is 10.5. The zero-order chi connectivity index (χ0) is 20.8. The maximum Gasteiger partial charge on any atom is 0.344 e. The quantitative estimate of drug-likeness (QED) is 0.656. The fourth-order valence-corrected chi connectivity index (χ4v) is 3.90. The van der Waals surface area contributed by atoms with Crippen LogP contribution in [0.2, 0.25) is 0 Å². The van der Waals surface area contributed by atoms with Crippen LogP contribution in [0.25, 0.3) is 0 Å². The van der Waals surface area contributed by atoms with Crippen LogP contribution in [0.5, 0.6) is 5.75 Å². The first-order valence-corrected chi connectivity index (χ1v) is 10.4. The van der Waals surface area contributed by atoms with E-state index in [0.29, 0.717) is 12.2 Å². The lowest BCUT2D eigenvalue weighted by atomic mass is 9.87. The molecule has 1 aliphatic carbocycles. The normalized spacial score (nSPS) is 21.7. The summed E-state index contributed by atoms with van der Waals surface area (Å²) in [6.45, 7) is 2.44. The third kappa shape index (κ3) is 5.71. The Morgan fingerprint density at radius 2 is 1.79 bits per heavy atom. The third-order valence-corrected chi connectivity index (χ3v) is 5.86. The minimum atomic E-state index is -0.581. The average Bonchev–Trinajstić information content (AvgIpc) is 3.16. The second-order valence-electron chi connectivity index (χ2n) is 8.01. The van der Waals surface area contributed by atoms with Gasteiger partial charge in [0.15, 0.2) is 13.2 Å². The lowest BCUT2D eigenvalue weighted by Gasteiger charge is -2.33. The van der Waals surface area contributed by atoms with Gasteiger partial charge in [-0.3, -0.25) is 9.59 Å². The minimum Gasteiger partial charge on any atom is -0.482 e. The van der Waals surface area contributed by atoms with Crippen LogP contribution in [-0.4, -0.2) is 55.5 Å². The van der Waals surface area contributed by atoms with E-state index in [1.165, 1.54) is 0 Å². The van der Waals surface area contributed by atoms with Crippen LogP contribution >= 0.6 is 0 Å². The second-order valence-corrected chi connectivity index (χ2v) is 8.01. The molecule has 7 heteroatoms. The Morgan fingerprint density at radius 3 is 2.41 bits per heavy atom. The predicted molar refractivity (Wildman–Crippen MR) is 109 cm³/mol. The van der Waals surface area contributed by atoms with E-state index < -0.39 is 5.97 Å². The van der Waals surface area contributed by atoms with Crippen molar-refractivity contribution in [3.05, 3.63) is 24.3 Å². The summed E-state index contributed by atoms with van der Waals surface area (Å²) in [5, 5.41) is 0. The molecule has 1 aromatic rings. The Labute approximate surface area is 171 Å². The molecule has 1 aliphatic heterocycles. The van der Waals surface area contributed by atoms with E-state index in [0.717, 1.165) is 50.3 Å². The van der Waals surface area contributed by atoms with Crippen LogP contribution in [0.3, 0.4) is 0 Å². The number of hydrogen-bond donors (Lipinski definition) is 0. The van der Waals surface area contributed by atoms with Gasteiger partial charge in [0.05, 0.1) is 0 Å². The molecule has 1 saturated carbocycles. The molecule has 0 unspecified atom stereocenters. The summed E-state index contributed by atoms with van der Waals surface area (Å²) in [4.78, 5) is 39.4. The van der Waals surface area contributed by atoms with E-state index in [9.17, 15) is 14.4 Å². The van der Waals surface area contributed by atoms with Gasteiger partial charge in [0, 0.05) is 31.7 Å². The molecule has 2 fully saturated rings. The van der Waals surface area contributed by atoms with Crippen molar-refractivity contribution in [3.8, 4) is 5.75 Å². The van der Waals surface area contributed by atoms with Gasteiger partial charge in [0.25, 0.3) is 5.91 Å². The third-order valence-electron chi connectivity index (χ3n) is 5.86. The molecule has 29 heavy (non-hydrogen) atoms. The number of esters is 1. The van der Waals surface area contributed by atoms with Gasteiger partial charge >= 0.3 is 5.97 Å². The topological polar surface area (TPSA) is 76.2 Å². The van der Waals surface area contributed by atoms with Crippen LogP contribution < -0.4 is 9.64 Å². The monoisotopic (exact) mass is 402 g/mol. The maximum absolute atomic E-state index is 12.3. The summed E-state index contributed by atoms with van der Waals surface area (Å²) in [7, 11) is 1.78. The van der Waals surface area contributed by atoms with E-state index >= 15 is 0 Å². The first-order valence-electron chi connectivity index (χ1n) is 10.4. The number of carbonyl (C=O) groups is 3. The Balaban J connectivity index is 1.38. The predicted octanol–water partition coefficient (Wildman–Crippen LogP) is 2.77. The molecular formula is C22H30N2O5. The molecular weight excluding hydrogens is 372 g/mol. The van der Waals surface area contributed by atoms with Gasteiger partial charge in [-0.25, -0.2) is 4.79 Å². The molecule has 1 heterocycles. The molecule has 1 saturated heterocycles. The van der Waals surface area contributed by atoms with E-state index in [-0.39, 0.29) is 31.1 Å². The van der Waals surface area contributed by atoms with Gasteiger partial charge in [-0.05, 0) is 62.3 Å². The van der Waals surface area contributed by atoms with Crippen LogP contribution in [-0.2, 0) is 19.1 Å². The highest BCUT2D eigenvalue weighted by molar-refractivity contribution is 5.95. The van der Waals surface area contributed by atoms with Crippen LogP contribution in [0.1, 0.15) is 45.4 Å². The second kappa shape index (κ2) is 9.76. The largest absolute Gasteiger partial charge is 0.482 e. The van der Waals surface area contributed by atoms with Gasteiger partial charge in [-0.1, -0.05) is 6.92 Å². The van der Waals surface area contributed by atoms with Crippen molar-refractivity contribution in [2.75, 3.05) is 31.7 Å². The Bertz CT molecular complexity index is 725. The summed E-state index contributed by atoms with van der Waals surface area (Å²) in [5.41, 5.74) is 0.827. The van der Waals surface area contributed by atoms with Gasteiger partial charge in [0.2, 0.25) is 5.91 Å². The van der Waals surface area contributed by atoms with Crippen LogP contribution in [0, 0.1) is 5.92 Å². The van der Waals surface area contributed by atoms with Crippen molar-refractivity contribution in [1.29, 1.82) is 0 Å². The number of carbonyl (C=O) groups excluding carboxylic acids is 3.